The van der Waals surface area contributed by atoms with Gasteiger partial charge in [-0.2, -0.15) is 0 Å². The van der Waals surface area contributed by atoms with Gasteiger partial charge in [-0.25, -0.2) is 5.01 Å². The van der Waals surface area contributed by atoms with Crippen LogP contribution >= 0.6 is 0 Å². The fraction of sp³-hybridized carbons (Fsp3) is 0.400. The zero-order valence-electron chi connectivity index (χ0n) is 8.85. The molecule has 0 spiro atoms. The summed E-state index contributed by atoms with van der Waals surface area (Å²) < 4.78 is 0. The molecule has 6 nitrogen and oxygen atoms in total. The maximum atomic E-state index is 10.5. The van der Waals surface area contributed by atoms with Crippen LogP contribution in [0.25, 0.3) is 0 Å². The second-order valence-electron chi connectivity index (χ2n) is 3.65. The van der Waals surface area contributed by atoms with Crippen molar-refractivity contribution in [2.75, 3.05) is 31.6 Å². The highest BCUT2D eigenvalue weighted by molar-refractivity contribution is 5.47. The number of benzene rings is 1. The first kappa shape index (κ1) is 10.8. The number of piperazine rings is 1. The summed E-state index contributed by atoms with van der Waals surface area (Å²) in [7, 11) is 0. The van der Waals surface area contributed by atoms with E-state index in [-0.39, 0.29) is 5.69 Å². The molecule has 1 saturated heterocycles. The summed E-state index contributed by atoms with van der Waals surface area (Å²) in [5.41, 5.74) is 4.22. The van der Waals surface area contributed by atoms with Crippen LogP contribution in [0.3, 0.4) is 0 Å². The van der Waals surface area contributed by atoms with Crippen molar-refractivity contribution in [3.63, 3.8) is 0 Å². The largest absolute Gasteiger partial charge is 0.319 e. The number of nitro benzene ring substituents is 1. The van der Waals surface area contributed by atoms with Crippen molar-refractivity contribution < 1.29 is 4.92 Å². The number of hydrogen-bond donors (Lipinski definition) is 2. The highest BCUT2D eigenvalue weighted by Gasteiger charge is 2.09. The Kier molecular flexibility index (Phi) is 3.33. The SMILES string of the molecule is O=[N+]([O-])c1ccc(NN2CCNCC2)cc1. The molecule has 1 aliphatic rings. The van der Waals surface area contributed by atoms with E-state index < -0.39 is 4.92 Å². The molecule has 1 aromatic rings. The Labute approximate surface area is 93.4 Å². The first-order chi connectivity index (χ1) is 7.75. The van der Waals surface area contributed by atoms with Crippen molar-refractivity contribution in [1.29, 1.82) is 0 Å². The third kappa shape index (κ3) is 2.68. The van der Waals surface area contributed by atoms with Crippen molar-refractivity contribution in [2.24, 2.45) is 0 Å². The molecule has 0 aliphatic carbocycles. The molecule has 2 N–H and O–H groups in total. The van der Waals surface area contributed by atoms with Crippen LogP contribution in [-0.4, -0.2) is 36.1 Å². The van der Waals surface area contributed by atoms with E-state index >= 15 is 0 Å². The molecule has 86 valence electrons. The third-order valence-corrected chi connectivity index (χ3v) is 2.48. The zero-order valence-corrected chi connectivity index (χ0v) is 8.85. The number of anilines is 1. The molecule has 0 radical (unpaired) electrons. The van der Waals surface area contributed by atoms with Gasteiger partial charge in [0.15, 0.2) is 0 Å². The molecule has 0 bridgehead atoms. The van der Waals surface area contributed by atoms with Crippen LogP contribution in [0.1, 0.15) is 0 Å². The second kappa shape index (κ2) is 4.91. The summed E-state index contributed by atoms with van der Waals surface area (Å²) in [5.74, 6) is 0. The van der Waals surface area contributed by atoms with Crippen LogP contribution in [-0.2, 0) is 0 Å². The van der Waals surface area contributed by atoms with E-state index in [0.29, 0.717) is 0 Å². The Morgan fingerprint density at radius 2 is 1.88 bits per heavy atom. The Morgan fingerprint density at radius 1 is 1.25 bits per heavy atom. The lowest BCUT2D eigenvalue weighted by atomic mass is 10.3. The summed E-state index contributed by atoms with van der Waals surface area (Å²) in [4.78, 5) is 10.1. The highest BCUT2D eigenvalue weighted by atomic mass is 16.6. The van der Waals surface area contributed by atoms with Crippen LogP contribution in [0.5, 0.6) is 0 Å². The van der Waals surface area contributed by atoms with Gasteiger partial charge in [0.1, 0.15) is 0 Å². The van der Waals surface area contributed by atoms with Crippen molar-refractivity contribution in [3.8, 4) is 0 Å². The highest BCUT2D eigenvalue weighted by Crippen LogP contribution is 2.15. The number of hydrazine groups is 1. The van der Waals surface area contributed by atoms with E-state index in [2.05, 4.69) is 15.8 Å². The van der Waals surface area contributed by atoms with Crippen LogP contribution in [0, 0.1) is 10.1 Å². The summed E-state index contributed by atoms with van der Waals surface area (Å²) in [6.07, 6.45) is 0. The Hall–Kier alpha value is -1.66. The second-order valence-corrected chi connectivity index (χ2v) is 3.65. The van der Waals surface area contributed by atoms with Gasteiger partial charge < -0.3 is 10.7 Å². The first-order valence-electron chi connectivity index (χ1n) is 5.22. The number of nitrogens with one attached hydrogen (secondary N) is 2. The summed E-state index contributed by atoms with van der Waals surface area (Å²) >= 11 is 0. The molecular weight excluding hydrogens is 208 g/mol. The lowest BCUT2D eigenvalue weighted by molar-refractivity contribution is -0.384. The van der Waals surface area contributed by atoms with Gasteiger partial charge in [0, 0.05) is 44.0 Å². The first-order valence-corrected chi connectivity index (χ1v) is 5.22. The van der Waals surface area contributed by atoms with Crippen LogP contribution in [0.4, 0.5) is 11.4 Å². The van der Waals surface area contributed by atoms with Gasteiger partial charge in [0.25, 0.3) is 5.69 Å². The predicted octanol–water partition coefficient (Wildman–Crippen LogP) is 0.827. The molecule has 1 fully saturated rings. The minimum atomic E-state index is -0.394. The molecule has 1 aliphatic heterocycles. The van der Waals surface area contributed by atoms with Crippen molar-refractivity contribution in [1.82, 2.24) is 10.3 Å². The molecule has 6 heteroatoms. The molecule has 0 saturated carbocycles. The lowest BCUT2D eigenvalue weighted by Crippen LogP contribution is -2.46. The van der Waals surface area contributed by atoms with Crippen molar-refractivity contribution in [2.45, 2.75) is 0 Å². The smallest absolute Gasteiger partial charge is 0.269 e. The predicted molar refractivity (Wildman–Crippen MR) is 61.2 cm³/mol. The molecule has 0 amide bonds. The minimum Gasteiger partial charge on any atom is -0.319 e. The van der Waals surface area contributed by atoms with Gasteiger partial charge in [0.2, 0.25) is 0 Å². The topological polar surface area (TPSA) is 70.4 Å². The maximum absolute atomic E-state index is 10.5. The molecule has 2 rings (SSSR count). The van der Waals surface area contributed by atoms with Crippen molar-refractivity contribution >= 4 is 11.4 Å². The van der Waals surface area contributed by atoms with E-state index in [1.807, 2.05) is 0 Å². The molecule has 0 atom stereocenters. The molecular formula is C10H14N4O2. The van der Waals surface area contributed by atoms with Crippen LogP contribution in [0.2, 0.25) is 0 Å². The maximum Gasteiger partial charge on any atom is 0.269 e. The van der Waals surface area contributed by atoms with Gasteiger partial charge in [-0.05, 0) is 12.1 Å². The third-order valence-electron chi connectivity index (χ3n) is 2.48. The molecule has 1 heterocycles. The quantitative estimate of drug-likeness (QED) is 0.585. The van der Waals surface area contributed by atoms with Crippen LogP contribution < -0.4 is 10.7 Å². The summed E-state index contributed by atoms with van der Waals surface area (Å²) in [6.45, 7) is 3.77. The standard InChI is InChI=1S/C10H14N4O2/c15-14(16)10-3-1-9(2-4-10)12-13-7-5-11-6-8-13/h1-4,11-12H,5-8H2. The Morgan fingerprint density at radius 3 is 2.44 bits per heavy atom. The fourth-order valence-electron chi connectivity index (χ4n) is 1.62. The minimum absolute atomic E-state index is 0.117. The number of rotatable bonds is 3. The van der Waals surface area contributed by atoms with Gasteiger partial charge in [0.05, 0.1) is 4.92 Å². The average Bonchev–Trinajstić information content (AvgIpc) is 2.31. The van der Waals surface area contributed by atoms with E-state index in [1.165, 1.54) is 12.1 Å². The summed E-state index contributed by atoms with van der Waals surface area (Å²) in [6, 6.07) is 6.45. The molecule has 1 aromatic carbocycles. The van der Waals surface area contributed by atoms with Gasteiger partial charge in [-0.1, -0.05) is 0 Å². The number of nitrogens with zero attached hydrogens (tertiary/aromatic N) is 2. The van der Waals surface area contributed by atoms with Crippen LogP contribution in [0.15, 0.2) is 24.3 Å². The van der Waals surface area contributed by atoms with E-state index in [4.69, 9.17) is 0 Å². The number of hydrogen-bond acceptors (Lipinski definition) is 5. The normalized spacial score (nSPS) is 17.0. The fourth-order valence-corrected chi connectivity index (χ4v) is 1.62. The lowest BCUT2D eigenvalue weighted by Gasteiger charge is -2.28. The Bertz CT molecular complexity index is 360. The number of non-ortho nitro benzene ring substituents is 1. The van der Waals surface area contributed by atoms with Crippen molar-refractivity contribution in [3.05, 3.63) is 34.4 Å². The zero-order chi connectivity index (χ0) is 11.4. The molecule has 16 heavy (non-hydrogen) atoms. The van der Waals surface area contributed by atoms with Gasteiger partial charge >= 0.3 is 0 Å². The summed E-state index contributed by atoms with van der Waals surface area (Å²) in [5, 5.41) is 15.8. The average molecular weight is 222 g/mol. The Balaban J connectivity index is 1.96. The van der Waals surface area contributed by atoms with Gasteiger partial charge in [-0.3, -0.25) is 10.1 Å². The van der Waals surface area contributed by atoms with E-state index in [0.717, 1.165) is 31.9 Å². The molecule has 0 unspecified atom stereocenters. The number of nitro groups is 1. The van der Waals surface area contributed by atoms with E-state index in [1.54, 1.807) is 12.1 Å². The monoisotopic (exact) mass is 222 g/mol. The van der Waals surface area contributed by atoms with Gasteiger partial charge in [-0.15, -0.1) is 0 Å². The van der Waals surface area contributed by atoms with E-state index in [9.17, 15) is 10.1 Å². The molecule has 0 aromatic heterocycles.